The molecule has 0 saturated heterocycles. The van der Waals surface area contributed by atoms with E-state index in [1.807, 2.05) is 19.1 Å². The first kappa shape index (κ1) is 18.8. The van der Waals surface area contributed by atoms with Crippen LogP contribution < -0.4 is 5.32 Å². The molecule has 0 saturated carbocycles. The van der Waals surface area contributed by atoms with E-state index in [1.165, 1.54) is 12.7 Å². The summed E-state index contributed by atoms with van der Waals surface area (Å²) in [7, 11) is 1.33. The Balaban J connectivity index is 2.23. The van der Waals surface area contributed by atoms with E-state index in [4.69, 9.17) is 4.74 Å². The van der Waals surface area contributed by atoms with Crippen molar-refractivity contribution in [3.63, 3.8) is 0 Å². The zero-order valence-corrected chi connectivity index (χ0v) is 15.7. The van der Waals surface area contributed by atoms with Crippen LogP contribution in [0, 0.1) is 13.8 Å². The second-order valence-electron chi connectivity index (χ2n) is 6.63. The smallest absolute Gasteiger partial charge is 0.339 e. The Kier molecular flexibility index (Phi) is 5.67. The molecule has 0 unspecified atom stereocenters. The van der Waals surface area contributed by atoms with E-state index in [0.29, 0.717) is 28.4 Å². The van der Waals surface area contributed by atoms with Crippen LogP contribution in [-0.4, -0.2) is 29.9 Å². The van der Waals surface area contributed by atoms with Crippen LogP contribution in [0.2, 0.25) is 0 Å². The number of aromatic nitrogens is 1. The quantitative estimate of drug-likeness (QED) is 0.609. The third-order valence-corrected chi connectivity index (χ3v) is 4.40. The summed E-state index contributed by atoms with van der Waals surface area (Å²) in [4.78, 5) is 27.7. The number of hydrogen-bond donors (Lipinski definition) is 2. The van der Waals surface area contributed by atoms with Gasteiger partial charge in [0.05, 0.1) is 24.4 Å². The number of rotatable bonds is 6. The van der Waals surface area contributed by atoms with Gasteiger partial charge in [-0.15, -0.1) is 0 Å². The normalized spacial score (nSPS) is 12.1. The lowest BCUT2D eigenvalue weighted by Gasteiger charge is -2.16. The van der Waals surface area contributed by atoms with Crippen molar-refractivity contribution >= 4 is 17.4 Å². The number of esters is 1. The van der Waals surface area contributed by atoms with E-state index in [1.54, 1.807) is 13.8 Å². The lowest BCUT2D eigenvalue weighted by molar-refractivity contribution is 0.0599. The lowest BCUT2D eigenvalue weighted by atomic mass is 10.0. The molecule has 1 atom stereocenters. The number of methoxy groups -OCH3 is 1. The minimum Gasteiger partial charge on any atom is -0.465 e. The average molecular weight is 342 g/mol. The molecule has 0 amide bonds. The van der Waals surface area contributed by atoms with Crippen LogP contribution in [0.1, 0.15) is 64.4 Å². The maximum absolute atomic E-state index is 12.8. The number of aromatic amines is 1. The Bertz CT molecular complexity index is 790. The summed E-state index contributed by atoms with van der Waals surface area (Å²) < 4.78 is 4.80. The number of carbonyl (C=O) groups excluding carboxylic acids is 2. The standard InChI is InChI=1S/C20H26N2O3/c1-11(2)15-8-7-9-16(10-15)21-14(5)19(23)18-12(3)17(13(4)22-18)20(24)25-6/h7-11,14,21-22H,1-6H3/t14-/m0/s1. The molecule has 0 aliphatic carbocycles. The number of nitrogens with one attached hydrogen (secondary N) is 2. The summed E-state index contributed by atoms with van der Waals surface area (Å²) in [5.74, 6) is -0.107. The molecule has 1 heterocycles. The first-order valence-corrected chi connectivity index (χ1v) is 8.44. The Morgan fingerprint density at radius 3 is 2.44 bits per heavy atom. The molecule has 0 aliphatic heterocycles. The summed E-state index contributed by atoms with van der Waals surface area (Å²) in [6, 6.07) is 7.63. The predicted octanol–water partition coefficient (Wildman–Crippen LogP) is 4.22. The number of aryl methyl sites for hydroxylation is 1. The van der Waals surface area contributed by atoms with Gasteiger partial charge in [-0.2, -0.15) is 0 Å². The summed E-state index contributed by atoms with van der Waals surface area (Å²) in [5.41, 5.74) is 4.25. The molecule has 0 aliphatic rings. The van der Waals surface area contributed by atoms with Crippen LogP contribution in [0.25, 0.3) is 0 Å². The fourth-order valence-electron chi connectivity index (χ4n) is 2.92. The molecular formula is C20H26N2O3. The molecule has 2 N–H and O–H groups in total. The molecule has 0 fully saturated rings. The molecule has 0 radical (unpaired) electrons. The first-order valence-electron chi connectivity index (χ1n) is 8.44. The molecular weight excluding hydrogens is 316 g/mol. The highest BCUT2D eigenvalue weighted by molar-refractivity contribution is 6.04. The molecule has 5 heteroatoms. The number of carbonyl (C=O) groups is 2. The zero-order chi connectivity index (χ0) is 18.7. The van der Waals surface area contributed by atoms with Crippen LogP contribution in [0.5, 0.6) is 0 Å². The monoisotopic (exact) mass is 342 g/mol. The summed E-state index contributed by atoms with van der Waals surface area (Å²) in [5, 5.41) is 3.25. The third-order valence-electron chi connectivity index (χ3n) is 4.40. The largest absolute Gasteiger partial charge is 0.465 e. The van der Waals surface area contributed by atoms with Gasteiger partial charge in [-0.1, -0.05) is 26.0 Å². The van der Waals surface area contributed by atoms with Gasteiger partial charge in [-0.3, -0.25) is 4.79 Å². The highest BCUT2D eigenvalue weighted by atomic mass is 16.5. The molecule has 134 valence electrons. The van der Waals surface area contributed by atoms with Crippen LogP contribution in [0.3, 0.4) is 0 Å². The Morgan fingerprint density at radius 2 is 1.84 bits per heavy atom. The minimum absolute atomic E-state index is 0.0919. The van der Waals surface area contributed by atoms with E-state index in [0.717, 1.165) is 5.69 Å². The molecule has 0 bridgehead atoms. The van der Waals surface area contributed by atoms with Gasteiger partial charge in [0.2, 0.25) is 5.78 Å². The molecule has 0 spiro atoms. The number of hydrogen-bond acceptors (Lipinski definition) is 4. The van der Waals surface area contributed by atoms with E-state index in [9.17, 15) is 9.59 Å². The van der Waals surface area contributed by atoms with Crippen molar-refractivity contribution in [2.24, 2.45) is 0 Å². The number of Topliss-reactive ketones (excluding diaryl/α,β-unsaturated/α-hetero) is 1. The molecule has 5 nitrogen and oxygen atoms in total. The van der Waals surface area contributed by atoms with Crippen LogP contribution in [0.4, 0.5) is 5.69 Å². The topological polar surface area (TPSA) is 71.2 Å². The number of ketones is 1. The molecule has 1 aromatic heterocycles. The van der Waals surface area contributed by atoms with E-state index < -0.39 is 12.0 Å². The van der Waals surface area contributed by atoms with Gasteiger partial charge in [0.1, 0.15) is 0 Å². The Hall–Kier alpha value is -2.56. The van der Waals surface area contributed by atoms with Crippen molar-refractivity contribution in [2.45, 2.75) is 46.6 Å². The first-order chi connectivity index (χ1) is 11.8. The van der Waals surface area contributed by atoms with Gasteiger partial charge in [0.15, 0.2) is 0 Å². The van der Waals surface area contributed by atoms with Crippen molar-refractivity contribution < 1.29 is 14.3 Å². The van der Waals surface area contributed by atoms with Gasteiger partial charge < -0.3 is 15.0 Å². The van der Waals surface area contributed by atoms with Gasteiger partial charge >= 0.3 is 5.97 Å². The van der Waals surface area contributed by atoms with Gasteiger partial charge in [-0.05, 0) is 49.9 Å². The number of H-pyrrole nitrogens is 1. The van der Waals surface area contributed by atoms with E-state index in [-0.39, 0.29) is 5.78 Å². The minimum atomic E-state index is -0.435. The molecule has 2 rings (SSSR count). The summed E-state index contributed by atoms with van der Waals surface area (Å²) in [6.07, 6.45) is 0. The zero-order valence-electron chi connectivity index (χ0n) is 15.7. The van der Waals surface area contributed by atoms with Gasteiger partial charge in [0.25, 0.3) is 0 Å². The van der Waals surface area contributed by atoms with E-state index >= 15 is 0 Å². The molecule has 2 aromatic rings. The highest BCUT2D eigenvalue weighted by Crippen LogP contribution is 2.22. The Labute approximate surface area is 148 Å². The average Bonchev–Trinajstić information content (AvgIpc) is 2.88. The number of anilines is 1. The maximum Gasteiger partial charge on any atom is 0.339 e. The number of benzene rings is 1. The second kappa shape index (κ2) is 7.55. The predicted molar refractivity (Wildman–Crippen MR) is 99.6 cm³/mol. The Morgan fingerprint density at radius 1 is 1.16 bits per heavy atom. The van der Waals surface area contributed by atoms with Crippen molar-refractivity contribution in [3.05, 3.63) is 52.3 Å². The fraction of sp³-hybridized carbons (Fsp3) is 0.400. The van der Waals surface area contributed by atoms with Crippen molar-refractivity contribution in [3.8, 4) is 0 Å². The second-order valence-corrected chi connectivity index (χ2v) is 6.63. The highest BCUT2D eigenvalue weighted by Gasteiger charge is 2.25. The number of ether oxygens (including phenoxy) is 1. The SMILES string of the molecule is COC(=O)c1c(C)[nH]c(C(=O)[C@H](C)Nc2cccc(C(C)C)c2)c1C. The van der Waals surface area contributed by atoms with Crippen molar-refractivity contribution in [1.82, 2.24) is 4.98 Å². The van der Waals surface area contributed by atoms with Crippen LogP contribution >= 0.6 is 0 Å². The van der Waals surface area contributed by atoms with Crippen molar-refractivity contribution in [1.29, 1.82) is 0 Å². The van der Waals surface area contributed by atoms with Crippen LogP contribution in [0.15, 0.2) is 24.3 Å². The van der Waals surface area contributed by atoms with E-state index in [2.05, 4.69) is 36.3 Å². The molecule has 25 heavy (non-hydrogen) atoms. The van der Waals surface area contributed by atoms with Crippen molar-refractivity contribution in [2.75, 3.05) is 12.4 Å². The lowest BCUT2D eigenvalue weighted by Crippen LogP contribution is -2.27. The van der Waals surface area contributed by atoms with Gasteiger partial charge in [-0.25, -0.2) is 4.79 Å². The summed E-state index contributed by atoms with van der Waals surface area (Å²) >= 11 is 0. The third kappa shape index (κ3) is 3.92. The molecule has 1 aromatic carbocycles. The summed E-state index contributed by atoms with van der Waals surface area (Å²) in [6.45, 7) is 9.60. The fourth-order valence-corrected chi connectivity index (χ4v) is 2.92. The van der Waals surface area contributed by atoms with Gasteiger partial charge in [0, 0.05) is 11.4 Å². The maximum atomic E-state index is 12.8. The van der Waals surface area contributed by atoms with Crippen LogP contribution in [-0.2, 0) is 4.74 Å².